The largest absolute Gasteiger partial charge is 0.341 e. The lowest BCUT2D eigenvalue weighted by Crippen LogP contribution is -2.24. The fraction of sp³-hybridized carbons (Fsp3) is 0.200. The van der Waals surface area contributed by atoms with Crippen molar-refractivity contribution in [3.63, 3.8) is 0 Å². The van der Waals surface area contributed by atoms with Crippen LogP contribution in [0.5, 0.6) is 0 Å². The van der Waals surface area contributed by atoms with Gasteiger partial charge in [-0.3, -0.25) is 14.3 Å². The molecule has 2 N–H and O–H groups in total. The molecule has 8 nitrogen and oxygen atoms in total. The predicted octanol–water partition coefficient (Wildman–Crippen LogP) is 1.73. The van der Waals surface area contributed by atoms with E-state index in [1.807, 2.05) is 29.8 Å². The molecule has 0 aliphatic carbocycles. The Kier molecular flexibility index (Phi) is 4.20. The predicted molar refractivity (Wildman–Crippen MR) is 106 cm³/mol. The maximum Gasteiger partial charge on any atom is 0.274 e. The standard InChI is InChI=1S/C20H18N6O2/c1-4-8-21-20(28)18-12(3)24-26-17(27)10-15(23-19(18)26)13-6-7-16-14(9-13)11-22-25(16)5-2/h1,6-7,9-11,23H,5,8H2,2-3H3,(H,21,28). The first-order valence-electron chi connectivity index (χ1n) is 8.83. The van der Waals surface area contributed by atoms with Crippen LogP contribution in [0, 0.1) is 19.3 Å². The van der Waals surface area contributed by atoms with Crippen LogP contribution >= 0.6 is 0 Å². The van der Waals surface area contributed by atoms with Gasteiger partial charge in [0.1, 0.15) is 5.56 Å². The molecule has 3 aromatic heterocycles. The number of amides is 1. The number of aromatic amines is 1. The van der Waals surface area contributed by atoms with E-state index >= 15 is 0 Å². The highest BCUT2D eigenvalue weighted by Crippen LogP contribution is 2.24. The van der Waals surface area contributed by atoms with Gasteiger partial charge in [0.15, 0.2) is 5.65 Å². The molecule has 4 rings (SSSR count). The van der Waals surface area contributed by atoms with E-state index in [0.29, 0.717) is 22.6 Å². The number of rotatable bonds is 4. The summed E-state index contributed by atoms with van der Waals surface area (Å²) in [7, 11) is 0. The number of hydrogen-bond donors (Lipinski definition) is 2. The summed E-state index contributed by atoms with van der Waals surface area (Å²) in [5, 5.41) is 12.1. The van der Waals surface area contributed by atoms with Gasteiger partial charge < -0.3 is 10.3 Å². The maximum atomic E-state index is 12.6. The maximum absolute atomic E-state index is 12.6. The summed E-state index contributed by atoms with van der Waals surface area (Å²) in [6.07, 6.45) is 7.00. The minimum Gasteiger partial charge on any atom is -0.341 e. The summed E-state index contributed by atoms with van der Waals surface area (Å²) in [6, 6.07) is 7.30. The van der Waals surface area contributed by atoms with Gasteiger partial charge in [-0.25, -0.2) is 0 Å². The molecule has 1 amide bonds. The molecule has 0 saturated heterocycles. The average molecular weight is 374 g/mol. The second kappa shape index (κ2) is 6.70. The van der Waals surface area contributed by atoms with Crippen LogP contribution in [0.4, 0.5) is 0 Å². The molecule has 0 saturated carbocycles. The van der Waals surface area contributed by atoms with E-state index in [1.54, 1.807) is 13.1 Å². The third-order valence-corrected chi connectivity index (χ3v) is 4.62. The zero-order valence-corrected chi connectivity index (χ0v) is 15.5. The van der Waals surface area contributed by atoms with Gasteiger partial charge in [-0.1, -0.05) is 12.0 Å². The molecular formula is C20H18N6O2. The van der Waals surface area contributed by atoms with E-state index in [1.165, 1.54) is 10.6 Å². The highest BCUT2D eigenvalue weighted by Gasteiger charge is 2.19. The van der Waals surface area contributed by atoms with Crippen LogP contribution in [0.2, 0.25) is 0 Å². The lowest BCUT2D eigenvalue weighted by molar-refractivity contribution is 0.0959. The normalized spacial score (nSPS) is 11.0. The Morgan fingerprint density at radius 3 is 2.93 bits per heavy atom. The minimum atomic E-state index is -0.377. The Morgan fingerprint density at radius 2 is 2.18 bits per heavy atom. The fourth-order valence-electron chi connectivity index (χ4n) is 3.30. The summed E-state index contributed by atoms with van der Waals surface area (Å²) < 4.78 is 3.09. The number of carbonyl (C=O) groups excluding carboxylic acids is 1. The Bertz CT molecular complexity index is 1320. The number of aryl methyl sites for hydroxylation is 2. The van der Waals surface area contributed by atoms with Crippen molar-refractivity contribution in [2.24, 2.45) is 0 Å². The summed E-state index contributed by atoms with van der Waals surface area (Å²) in [5.41, 5.74) is 3.18. The molecule has 0 aliphatic heterocycles. The average Bonchev–Trinajstić information content (AvgIpc) is 3.25. The van der Waals surface area contributed by atoms with Crippen LogP contribution in [0.1, 0.15) is 23.0 Å². The van der Waals surface area contributed by atoms with Crippen LogP contribution in [0.15, 0.2) is 35.3 Å². The van der Waals surface area contributed by atoms with Crippen molar-refractivity contribution in [1.82, 2.24) is 29.7 Å². The third kappa shape index (κ3) is 2.74. The van der Waals surface area contributed by atoms with Gasteiger partial charge in [-0.15, -0.1) is 6.42 Å². The van der Waals surface area contributed by atoms with Crippen LogP contribution in [-0.4, -0.2) is 36.8 Å². The quantitative estimate of drug-likeness (QED) is 0.532. The smallest absolute Gasteiger partial charge is 0.274 e. The number of H-pyrrole nitrogens is 1. The molecular weight excluding hydrogens is 356 g/mol. The van der Waals surface area contributed by atoms with Gasteiger partial charge >= 0.3 is 0 Å². The molecule has 0 spiro atoms. The van der Waals surface area contributed by atoms with Gasteiger partial charge in [-0.05, 0) is 31.5 Å². The van der Waals surface area contributed by atoms with E-state index in [0.717, 1.165) is 23.0 Å². The van der Waals surface area contributed by atoms with Gasteiger partial charge in [0.25, 0.3) is 11.5 Å². The van der Waals surface area contributed by atoms with E-state index in [4.69, 9.17) is 6.42 Å². The summed E-state index contributed by atoms with van der Waals surface area (Å²) in [5.74, 6) is 1.98. The van der Waals surface area contributed by atoms with Crippen LogP contribution in [0.3, 0.4) is 0 Å². The van der Waals surface area contributed by atoms with Crippen molar-refractivity contribution in [3.8, 4) is 23.6 Å². The number of terminal acetylenes is 1. The van der Waals surface area contributed by atoms with Crippen molar-refractivity contribution >= 4 is 22.5 Å². The van der Waals surface area contributed by atoms with Crippen LogP contribution in [0.25, 0.3) is 27.8 Å². The molecule has 0 unspecified atom stereocenters. The second-order valence-corrected chi connectivity index (χ2v) is 6.36. The number of hydrogen-bond acceptors (Lipinski definition) is 4. The van der Waals surface area contributed by atoms with Crippen molar-refractivity contribution in [2.75, 3.05) is 6.54 Å². The van der Waals surface area contributed by atoms with Crippen LogP contribution < -0.4 is 10.9 Å². The van der Waals surface area contributed by atoms with Gasteiger partial charge in [0.2, 0.25) is 0 Å². The Hall–Kier alpha value is -3.86. The highest BCUT2D eigenvalue weighted by atomic mass is 16.2. The lowest BCUT2D eigenvalue weighted by Gasteiger charge is -2.06. The number of aromatic nitrogens is 5. The molecule has 8 heteroatoms. The molecule has 0 aliphatic rings. The van der Waals surface area contributed by atoms with Crippen molar-refractivity contribution in [1.29, 1.82) is 0 Å². The Morgan fingerprint density at radius 1 is 1.36 bits per heavy atom. The van der Waals surface area contributed by atoms with Gasteiger partial charge in [-0.2, -0.15) is 14.7 Å². The Labute approximate surface area is 160 Å². The highest BCUT2D eigenvalue weighted by molar-refractivity contribution is 6.01. The van der Waals surface area contributed by atoms with Gasteiger partial charge in [0, 0.05) is 18.0 Å². The van der Waals surface area contributed by atoms with Crippen LogP contribution in [-0.2, 0) is 6.54 Å². The number of carbonyl (C=O) groups is 1. The summed E-state index contributed by atoms with van der Waals surface area (Å²) in [6.45, 7) is 4.57. The molecule has 0 atom stereocenters. The lowest BCUT2D eigenvalue weighted by atomic mass is 10.1. The molecule has 1 aromatic carbocycles. The number of nitrogens with zero attached hydrogens (tertiary/aromatic N) is 4. The Balaban J connectivity index is 1.88. The molecule has 3 heterocycles. The molecule has 4 aromatic rings. The second-order valence-electron chi connectivity index (χ2n) is 6.36. The van der Waals surface area contributed by atoms with Gasteiger partial charge in [0.05, 0.1) is 29.6 Å². The molecule has 0 fully saturated rings. The van der Waals surface area contributed by atoms with E-state index in [9.17, 15) is 9.59 Å². The third-order valence-electron chi connectivity index (χ3n) is 4.62. The number of fused-ring (bicyclic) bond motifs is 2. The minimum absolute atomic E-state index is 0.0949. The first-order chi connectivity index (χ1) is 13.5. The zero-order chi connectivity index (χ0) is 19.8. The van der Waals surface area contributed by atoms with Crippen molar-refractivity contribution in [3.05, 3.63) is 52.1 Å². The molecule has 140 valence electrons. The van der Waals surface area contributed by atoms with E-state index in [-0.39, 0.29) is 18.0 Å². The first kappa shape index (κ1) is 17.5. The molecule has 0 radical (unpaired) electrons. The van der Waals surface area contributed by atoms with E-state index in [2.05, 4.69) is 26.4 Å². The molecule has 0 bridgehead atoms. The number of nitrogens with one attached hydrogen (secondary N) is 2. The topological polar surface area (TPSA) is 97.1 Å². The van der Waals surface area contributed by atoms with Crippen molar-refractivity contribution < 1.29 is 4.79 Å². The SMILES string of the molecule is C#CCNC(=O)c1c(C)nn2c(=O)cc(-c3ccc4c(cnn4CC)c3)[nH]c12. The zero-order valence-electron chi connectivity index (χ0n) is 15.5. The number of benzene rings is 1. The van der Waals surface area contributed by atoms with E-state index < -0.39 is 0 Å². The molecule has 28 heavy (non-hydrogen) atoms. The first-order valence-corrected chi connectivity index (χ1v) is 8.83. The van der Waals surface area contributed by atoms with Crippen molar-refractivity contribution in [2.45, 2.75) is 20.4 Å². The monoisotopic (exact) mass is 374 g/mol. The summed E-state index contributed by atoms with van der Waals surface area (Å²) >= 11 is 0. The summed E-state index contributed by atoms with van der Waals surface area (Å²) in [4.78, 5) is 28.2. The fourth-order valence-corrected chi connectivity index (χ4v) is 3.30.